The molecule has 236 valence electrons. The van der Waals surface area contributed by atoms with E-state index in [1.807, 2.05) is 59.7 Å². The second-order valence-corrected chi connectivity index (χ2v) is 12.5. The van der Waals surface area contributed by atoms with E-state index in [1.165, 1.54) is 33.4 Å². The van der Waals surface area contributed by atoms with E-state index >= 15 is 0 Å². The van der Waals surface area contributed by atoms with Crippen LogP contribution in [0.2, 0.25) is 0 Å². The van der Waals surface area contributed by atoms with Crippen LogP contribution < -0.4 is 4.74 Å². The predicted molar refractivity (Wildman–Crippen MR) is 198 cm³/mol. The van der Waals surface area contributed by atoms with Crippen molar-refractivity contribution in [2.45, 2.75) is 27.7 Å². The van der Waals surface area contributed by atoms with Gasteiger partial charge >= 0.3 is 0 Å². The summed E-state index contributed by atoms with van der Waals surface area (Å²) in [5.74, 6) is 2.06. The van der Waals surface area contributed by atoms with Crippen molar-refractivity contribution in [2.75, 3.05) is 0 Å². The molecule has 0 bridgehead atoms. The van der Waals surface area contributed by atoms with Crippen LogP contribution in [0.3, 0.4) is 0 Å². The van der Waals surface area contributed by atoms with E-state index in [2.05, 4.69) is 104 Å². The van der Waals surface area contributed by atoms with Gasteiger partial charge in [0.15, 0.2) is 5.69 Å². The number of aryl methyl sites for hydroxylation is 4. The molecule has 0 amide bonds. The van der Waals surface area contributed by atoms with Gasteiger partial charge in [0.2, 0.25) is 0 Å². The van der Waals surface area contributed by atoms with Crippen molar-refractivity contribution >= 4 is 27.5 Å². The molecule has 6 nitrogen and oxygen atoms in total. The van der Waals surface area contributed by atoms with Crippen molar-refractivity contribution in [1.82, 2.24) is 19.1 Å². The first-order valence-corrected chi connectivity index (χ1v) is 16.3. The predicted octanol–water partition coefficient (Wildman–Crippen LogP) is 11.3. The van der Waals surface area contributed by atoms with Crippen LogP contribution in [0.1, 0.15) is 22.3 Å². The van der Waals surface area contributed by atoms with Gasteiger partial charge in [-0.25, -0.2) is 14.8 Å². The van der Waals surface area contributed by atoms with Gasteiger partial charge in [0.25, 0.3) is 0 Å². The van der Waals surface area contributed by atoms with Gasteiger partial charge in [-0.15, -0.1) is 0 Å². The Labute approximate surface area is 285 Å². The van der Waals surface area contributed by atoms with Gasteiger partial charge in [0, 0.05) is 29.2 Å². The summed E-state index contributed by atoms with van der Waals surface area (Å²) in [6.07, 6.45) is 5.65. The van der Waals surface area contributed by atoms with E-state index in [4.69, 9.17) is 21.3 Å². The zero-order valence-corrected chi connectivity index (χ0v) is 27.8. The van der Waals surface area contributed by atoms with Crippen LogP contribution in [0.4, 0.5) is 5.69 Å². The molecule has 3 heterocycles. The van der Waals surface area contributed by atoms with Gasteiger partial charge in [0.1, 0.15) is 17.3 Å². The number of para-hydroxylation sites is 1. The van der Waals surface area contributed by atoms with Crippen molar-refractivity contribution in [3.63, 3.8) is 0 Å². The number of hydrogen-bond acceptors (Lipinski definition) is 3. The van der Waals surface area contributed by atoms with Crippen molar-refractivity contribution in [3.8, 4) is 45.4 Å². The maximum atomic E-state index is 7.81. The van der Waals surface area contributed by atoms with E-state index in [9.17, 15) is 0 Å². The number of nitrogens with zero attached hydrogens (tertiary/aromatic N) is 5. The van der Waals surface area contributed by atoms with E-state index in [-0.39, 0.29) is 0 Å². The first-order chi connectivity index (χ1) is 23.9. The third kappa shape index (κ3) is 5.32. The van der Waals surface area contributed by atoms with Gasteiger partial charge in [-0.3, -0.25) is 4.57 Å². The highest BCUT2D eigenvalue weighted by atomic mass is 16.5. The molecule has 0 fully saturated rings. The lowest BCUT2D eigenvalue weighted by Gasteiger charge is -2.12. The Morgan fingerprint density at radius 2 is 1.35 bits per heavy atom. The molecule has 0 atom stereocenters. The molecule has 0 saturated heterocycles. The molecule has 0 aliphatic carbocycles. The minimum atomic E-state index is 0.483. The van der Waals surface area contributed by atoms with Gasteiger partial charge in [-0.2, -0.15) is 0 Å². The number of ether oxygens (including phenoxy) is 1. The first kappa shape index (κ1) is 29.9. The third-order valence-electron chi connectivity index (χ3n) is 9.22. The van der Waals surface area contributed by atoms with E-state index < -0.39 is 0 Å². The second-order valence-electron chi connectivity index (χ2n) is 12.5. The van der Waals surface area contributed by atoms with Gasteiger partial charge < -0.3 is 9.30 Å². The van der Waals surface area contributed by atoms with Crippen molar-refractivity contribution < 1.29 is 4.74 Å². The molecular formula is C43H33N5O. The highest BCUT2D eigenvalue weighted by Crippen LogP contribution is 2.39. The van der Waals surface area contributed by atoms with Crippen LogP contribution in [0, 0.1) is 34.3 Å². The fourth-order valence-corrected chi connectivity index (χ4v) is 7.02. The minimum absolute atomic E-state index is 0.483. The summed E-state index contributed by atoms with van der Waals surface area (Å²) in [7, 11) is 0. The van der Waals surface area contributed by atoms with Gasteiger partial charge in [0.05, 0.1) is 35.3 Å². The molecule has 8 aromatic rings. The Hall–Kier alpha value is -6.45. The fourth-order valence-electron chi connectivity index (χ4n) is 7.02. The molecule has 0 radical (unpaired) electrons. The molecule has 0 unspecified atom stereocenters. The summed E-state index contributed by atoms with van der Waals surface area (Å²) >= 11 is 0. The van der Waals surface area contributed by atoms with Crippen LogP contribution in [-0.4, -0.2) is 19.1 Å². The van der Waals surface area contributed by atoms with Crippen LogP contribution in [0.5, 0.6) is 11.5 Å². The van der Waals surface area contributed by atoms with Crippen molar-refractivity contribution in [2.24, 2.45) is 0 Å². The Balaban J connectivity index is 1.22. The number of rotatable bonds is 6. The largest absolute Gasteiger partial charge is 0.459 e. The Kier molecular flexibility index (Phi) is 7.31. The van der Waals surface area contributed by atoms with Crippen LogP contribution in [0.25, 0.3) is 60.5 Å². The lowest BCUT2D eigenvalue weighted by atomic mass is 9.95. The van der Waals surface area contributed by atoms with Crippen LogP contribution >= 0.6 is 0 Å². The number of aromatic nitrogens is 4. The second kappa shape index (κ2) is 12.0. The molecule has 3 aromatic heterocycles. The van der Waals surface area contributed by atoms with Crippen LogP contribution in [-0.2, 0) is 0 Å². The van der Waals surface area contributed by atoms with Crippen LogP contribution in [0.15, 0.2) is 128 Å². The number of fused-ring (bicyclic) bond motifs is 3. The number of benzene rings is 5. The summed E-state index contributed by atoms with van der Waals surface area (Å²) < 4.78 is 10.8. The number of imidazole rings is 1. The average Bonchev–Trinajstić information content (AvgIpc) is 3.71. The maximum absolute atomic E-state index is 7.81. The monoisotopic (exact) mass is 635 g/mol. The molecule has 49 heavy (non-hydrogen) atoms. The molecule has 0 N–H and O–H groups in total. The molecule has 0 saturated carbocycles. The van der Waals surface area contributed by atoms with E-state index in [0.717, 1.165) is 44.6 Å². The van der Waals surface area contributed by atoms with E-state index in [1.54, 1.807) is 6.07 Å². The highest BCUT2D eigenvalue weighted by molar-refractivity contribution is 6.10. The van der Waals surface area contributed by atoms with Gasteiger partial charge in [-0.05, 0) is 115 Å². The third-order valence-corrected chi connectivity index (χ3v) is 9.22. The quantitative estimate of drug-likeness (QED) is 0.171. The minimum Gasteiger partial charge on any atom is -0.459 e. The first-order valence-electron chi connectivity index (χ1n) is 16.3. The summed E-state index contributed by atoms with van der Waals surface area (Å²) in [6, 6.07) is 37.1. The Bertz CT molecular complexity index is 2550. The molecule has 8 rings (SSSR count). The lowest BCUT2D eigenvalue weighted by molar-refractivity contribution is 0.484. The SMILES string of the molecule is [C-]#[N+]c1cc(Oc2ccc3c4ccc(-c5c(C)cccc5C)cc4n(-c4ccccn4)c3c2)cc(-c2cn(-c3c(C)cccc3C)cn2)c1. The van der Waals surface area contributed by atoms with Gasteiger partial charge in [-0.1, -0.05) is 54.6 Å². The standard InChI is InChI=1S/C43H33N5O/c1-27-10-8-11-28(2)42(27)31-15-17-36-37-18-16-34(24-40(37)48(39(36)22-31)41-14-6-7-19-45-41)49-35-21-32(20-33(23-35)44-5)38-25-47(26-46-38)43-29(3)12-9-13-30(43)4/h6-26H,1-4H3. The molecular weight excluding hydrogens is 603 g/mol. The molecule has 0 aliphatic rings. The zero-order chi connectivity index (χ0) is 33.6. The molecule has 0 aliphatic heterocycles. The highest BCUT2D eigenvalue weighted by Gasteiger charge is 2.17. The molecule has 6 heteroatoms. The molecule has 5 aromatic carbocycles. The summed E-state index contributed by atoms with van der Waals surface area (Å²) in [4.78, 5) is 13.2. The maximum Gasteiger partial charge on any atom is 0.191 e. The average molecular weight is 636 g/mol. The summed E-state index contributed by atoms with van der Waals surface area (Å²) in [6.45, 7) is 16.3. The van der Waals surface area contributed by atoms with E-state index in [0.29, 0.717) is 17.2 Å². The summed E-state index contributed by atoms with van der Waals surface area (Å²) in [5, 5.41) is 2.24. The number of pyridine rings is 1. The topological polar surface area (TPSA) is 49.2 Å². The summed E-state index contributed by atoms with van der Waals surface area (Å²) in [5.41, 5.74) is 12.5. The normalized spacial score (nSPS) is 11.2. The number of hydrogen-bond donors (Lipinski definition) is 0. The Morgan fingerprint density at radius 3 is 2.06 bits per heavy atom. The van der Waals surface area contributed by atoms with Crippen molar-refractivity contribution in [1.29, 1.82) is 0 Å². The smallest absolute Gasteiger partial charge is 0.191 e. The Morgan fingerprint density at radius 1 is 0.633 bits per heavy atom. The zero-order valence-electron chi connectivity index (χ0n) is 27.8. The van der Waals surface area contributed by atoms with Crippen molar-refractivity contribution in [3.05, 3.63) is 162 Å². The lowest BCUT2D eigenvalue weighted by Crippen LogP contribution is -1.97. The molecule has 0 spiro atoms. The fraction of sp³-hybridized carbons (Fsp3) is 0.0930.